The van der Waals surface area contributed by atoms with Crippen LogP contribution in [0.4, 0.5) is 4.39 Å². The van der Waals surface area contributed by atoms with Crippen molar-refractivity contribution in [1.82, 2.24) is 9.80 Å². The Morgan fingerprint density at radius 3 is 2.55 bits per heavy atom. The van der Waals surface area contributed by atoms with E-state index < -0.39 is 0 Å². The zero-order valence-electron chi connectivity index (χ0n) is 18.2. The van der Waals surface area contributed by atoms with Crippen molar-refractivity contribution >= 4 is 17.4 Å². The van der Waals surface area contributed by atoms with E-state index in [4.69, 9.17) is 16.3 Å². The first-order valence-corrected chi connectivity index (χ1v) is 11.5. The van der Waals surface area contributed by atoms with Gasteiger partial charge in [-0.15, -0.1) is 0 Å². The number of hydrogen-bond acceptors (Lipinski definition) is 4. The van der Waals surface area contributed by atoms with Crippen LogP contribution in [0.2, 0.25) is 5.02 Å². The van der Waals surface area contributed by atoms with Crippen molar-refractivity contribution in [3.05, 3.63) is 64.9 Å². The highest BCUT2D eigenvalue weighted by Gasteiger charge is 2.20. The molecule has 1 heterocycles. The van der Waals surface area contributed by atoms with Crippen LogP contribution in [0.5, 0.6) is 5.75 Å². The van der Waals surface area contributed by atoms with Crippen molar-refractivity contribution in [3.8, 4) is 5.75 Å². The fourth-order valence-corrected chi connectivity index (χ4v) is 4.13. The molecule has 2 aromatic rings. The number of benzene rings is 2. The van der Waals surface area contributed by atoms with E-state index in [1.807, 2.05) is 24.3 Å². The number of Topliss-reactive ketones (excluding diaryl/α,β-unsaturated/α-hetero) is 1. The third-order valence-corrected chi connectivity index (χ3v) is 5.99. The third-order valence-electron chi connectivity index (χ3n) is 5.76. The normalized spacial score (nSPS) is 15.4. The van der Waals surface area contributed by atoms with Crippen molar-refractivity contribution in [1.29, 1.82) is 0 Å². The first-order chi connectivity index (χ1) is 15.0. The fraction of sp³-hybridized carbons (Fsp3) is 0.480. The number of likely N-dealkylation sites (tertiary alicyclic amines) is 1. The molecule has 0 aliphatic carbocycles. The van der Waals surface area contributed by atoms with Crippen molar-refractivity contribution in [2.24, 2.45) is 0 Å². The van der Waals surface area contributed by atoms with E-state index in [0.29, 0.717) is 17.0 Å². The molecule has 3 rings (SSSR count). The molecular weight excluding hydrogens is 415 g/mol. The molecular formula is C25H32ClFN2O2. The molecule has 0 amide bonds. The number of rotatable bonds is 11. The van der Waals surface area contributed by atoms with E-state index in [0.717, 1.165) is 64.2 Å². The zero-order valence-corrected chi connectivity index (χ0v) is 19.0. The lowest BCUT2D eigenvalue weighted by atomic mass is 10.1. The number of piperidine rings is 1. The molecule has 31 heavy (non-hydrogen) atoms. The largest absolute Gasteiger partial charge is 0.490 e. The minimum atomic E-state index is -0.311. The Labute approximate surface area is 189 Å². The molecule has 1 fully saturated rings. The average molecular weight is 447 g/mol. The maximum absolute atomic E-state index is 12.9. The van der Waals surface area contributed by atoms with E-state index in [2.05, 4.69) is 16.8 Å². The number of nitrogens with zero attached hydrogens (tertiary/aromatic N) is 2. The Bertz CT molecular complexity index is 823. The molecule has 1 aliphatic rings. The maximum atomic E-state index is 12.9. The van der Waals surface area contributed by atoms with Crippen molar-refractivity contribution in [2.45, 2.75) is 38.2 Å². The zero-order chi connectivity index (χ0) is 22.1. The highest BCUT2D eigenvalue weighted by Crippen LogP contribution is 2.22. The first-order valence-electron chi connectivity index (χ1n) is 11.1. The molecule has 2 aromatic carbocycles. The van der Waals surface area contributed by atoms with E-state index in [9.17, 15) is 9.18 Å². The van der Waals surface area contributed by atoms with E-state index in [1.165, 1.54) is 12.1 Å². The second kappa shape index (κ2) is 12.2. The van der Waals surface area contributed by atoms with Crippen LogP contribution in [0.3, 0.4) is 0 Å². The van der Waals surface area contributed by atoms with Crippen LogP contribution in [-0.2, 0) is 0 Å². The summed E-state index contributed by atoms with van der Waals surface area (Å²) in [5.41, 5.74) is 0.590. The summed E-state index contributed by atoms with van der Waals surface area (Å²) in [6.45, 7) is 5.11. The summed E-state index contributed by atoms with van der Waals surface area (Å²) in [4.78, 5) is 16.9. The fourth-order valence-electron chi connectivity index (χ4n) is 3.95. The summed E-state index contributed by atoms with van der Waals surface area (Å²) in [6.07, 6.45) is 4.76. The molecule has 0 radical (unpaired) electrons. The predicted molar refractivity (Wildman–Crippen MR) is 124 cm³/mol. The lowest BCUT2D eigenvalue weighted by Gasteiger charge is -2.32. The van der Waals surface area contributed by atoms with Gasteiger partial charge in [-0.25, -0.2) is 4.39 Å². The summed E-state index contributed by atoms with van der Waals surface area (Å²) in [5, 5.41) is 0.707. The van der Waals surface area contributed by atoms with Gasteiger partial charge in [-0.05, 0) is 94.8 Å². The highest BCUT2D eigenvalue weighted by atomic mass is 35.5. The highest BCUT2D eigenvalue weighted by molar-refractivity contribution is 6.30. The Morgan fingerprint density at radius 2 is 1.84 bits per heavy atom. The van der Waals surface area contributed by atoms with Crippen LogP contribution in [0.1, 0.15) is 42.5 Å². The van der Waals surface area contributed by atoms with Gasteiger partial charge in [0.25, 0.3) is 0 Å². The molecule has 0 atom stereocenters. The molecule has 0 saturated carbocycles. The molecule has 168 valence electrons. The molecule has 0 bridgehead atoms. The van der Waals surface area contributed by atoms with Crippen molar-refractivity contribution < 1.29 is 13.9 Å². The van der Waals surface area contributed by atoms with Crippen LogP contribution < -0.4 is 4.74 Å². The van der Waals surface area contributed by atoms with Crippen LogP contribution in [0.15, 0.2) is 48.5 Å². The average Bonchev–Trinajstić information content (AvgIpc) is 2.75. The Morgan fingerprint density at radius 1 is 1.13 bits per heavy atom. The van der Waals surface area contributed by atoms with Crippen LogP contribution in [0, 0.1) is 5.82 Å². The van der Waals surface area contributed by atoms with Gasteiger partial charge in [0.15, 0.2) is 5.78 Å². The van der Waals surface area contributed by atoms with E-state index in [1.54, 1.807) is 12.1 Å². The van der Waals surface area contributed by atoms with Gasteiger partial charge in [0, 0.05) is 30.1 Å². The van der Waals surface area contributed by atoms with Gasteiger partial charge in [0.2, 0.25) is 0 Å². The quantitative estimate of drug-likeness (QED) is 0.438. The Hall–Kier alpha value is -1.95. The Kier molecular flexibility index (Phi) is 9.31. The van der Waals surface area contributed by atoms with Crippen LogP contribution in [0.25, 0.3) is 0 Å². The van der Waals surface area contributed by atoms with Crippen LogP contribution in [-0.4, -0.2) is 61.5 Å². The van der Waals surface area contributed by atoms with Gasteiger partial charge < -0.3 is 14.5 Å². The van der Waals surface area contributed by atoms with Gasteiger partial charge in [-0.3, -0.25) is 4.79 Å². The lowest BCUT2D eigenvalue weighted by molar-refractivity contribution is 0.0962. The maximum Gasteiger partial charge on any atom is 0.162 e. The van der Waals surface area contributed by atoms with Crippen molar-refractivity contribution in [3.63, 3.8) is 0 Å². The Balaban J connectivity index is 1.25. The van der Waals surface area contributed by atoms with Crippen LogP contribution >= 0.6 is 11.6 Å². The first kappa shape index (κ1) is 23.7. The lowest BCUT2D eigenvalue weighted by Crippen LogP contribution is -2.39. The molecule has 1 saturated heterocycles. The monoisotopic (exact) mass is 446 g/mol. The molecule has 4 nitrogen and oxygen atoms in total. The number of carbonyl (C=O) groups is 1. The minimum Gasteiger partial charge on any atom is -0.490 e. The number of halogens is 2. The van der Waals surface area contributed by atoms with Gasteiger partial charge in [-0.1, -0.05) is 17.7 Å². The van der Waals surface area contributed by atoms with E-state index in [-0.39, 0.29) is 17.7 Å². The minimum absolute atomic E-state index is 0.0799. The summed E-state index contributed by atoms with van der Waals surface area (Å²) < 4.78 is 19.0. The van der Waals surface area contributed by atoms with E-state index >= 15 is 0 Å². The second-order valence-electron chi connectivity index (χ2n) is 8.31. The molecule has 6 heteroatoms. The van der Waals surface area contributed by atoms with Gasteiger partial charge in [-0.2, -0.15) is 0 Å². The molecule has 0 spiro atoms. The molecule has 0 aromatic heterocycles. The molecule has 1 aliphatic heterocycles. The van der Waals surface area contributed by atoms with Crippen molar-refractivity contribution in [2.75, 3.05) is 39.8 Å². The van der Waals surface area contributed by atoms with Gasteiger partial charge in [0.1, 0.15) is 17.7 Å². The number of ketones is 1. The molecule has 0 unspecified atom stereocenters. The third kappa shape index (κ3) is 8.24. The molecule has 0 N–H and O–H groups in total. The standard InChI is InChI=1S/C25H32ClFN2O2/c1-28(14-3-7-25(30)20-8-10-22(27)11-9-20)15-4-16-29-17-12-23(13-18-29)31-24-6-2-5-21(26)19-24/h2,5-6,8-11,19,23H,3-4,7,12-18H2,1H3. The number of carbonyl (C=O) groups excluding carboxylic acids is 1. The number of ether oxygens (including phenoxy) is 1. The second-order valence-corrected chi connectivity index (χ2v) is 8.74. The summed E-state index contributed by atoms with van der Waals surface area (Å²) in [5.74, 6) is 0.621. The summed E-state index contributed by atoms with van der Waals surface area (Å²) in [6, 6.07) is 13.4. The SMILES string of the molecule is CN(CCCC(=O)c1ccc(F)cc1)CCCN1CCC(Oc2cccc(Cl)c2)CC1. The number of hydrogen-bond donors (Lipinski definition) is 0. The smallest absolute Gasteiger partial charge is 0.162 e. The summed E-state index contributed by atoms with van der Waals surface area (Å²) in [7, 11) is 2.10. The summed E-state index contributed by atoms with van der Waals surface area (Å²) >= 11 is 6.03. The van der Waals surface area contributed by atoms with Gasteiger partial charge >= 0.3 is 0 Å². The van der Waals surface area contributed by atoms with Gasteiger partial charge in [0.05, 0.1) is 0 Å². The topological polar surface area (TPSA) is 32.8 Å². The predicted octanol–water partition coefficient (Wildman–Crippen LogP) is 5.31.